The predicted octanol–water partition coefficient (Wildman–Crippen LogP) is 3.44. The summed E-state index contributed by atoms with van der Waals surface area (Å²) in [6, 6.07) is 3.38. The number of hydrogen-bond acceptors (Lipinski definition) is 5. The van der Waals surface area contributed by atoms with Gasteiger partial charge in [0.2, 0.25) is 5.13 Å². The van der Waals surface area contributed by atoms with E-state index in [-0.39, 0.29) is 14.5 Å². The molecular weight excluding hydrogens is 381 g/mol. The quantitative estimate of drug-likeness (QED) is 0.844. The molecule has 0 saturated carbocycles. The minimum atomic E-state index is -3.83. The highest BCUT2D eigenvalue weighted by molar-refractivity contribution is 9.10. The Bertz CT molecular complexity index is 747. The van der Waals surface area contributed by atoms with E-state index < -0.39 is 15.8 Å². The van der Waals surface area contributed by atoms with Gasteiger partial charge in [-0.15, -0.1) is 10.2 Å². The van der Waals surface area contributed by atoms with Crippen LogP contribution in [0.25, 0.3) is 0 Å². The lowest BCUT2D eigenvalue weighted by atomic mass is 10.1. The second-order valence-electron chi connectivity index (χ2n) is 4.78. The first-order chi connectivity index (χ1) is 9.78. The van der Waals surface area contributed by atoms with Crippen molar-refractivity contribution in [1.29, 1.82) is 0 Å². The van der Waals surface area contributed by atoms with Gasteiger partial charge in [0.05, 0.1) is 0 Å². The fourth-order valence-corrected chi connectivity index (χ4v) is 4.82. The molecule has 0 spiro atoms. The summed E-state index contributed by atoms with van der Waals surface area (Å²) < 4.78 is 40.0. The zero-order valence-corrected chi connectivity index (χ0v) is 14.5. The average Bonchev–Trinajstić information content (AvgIpc) is 2.73. The number of aromatic nitrogens is 2. The molecule has 0 aliphatic heterocycles. The number of anilines is 1. The van der Waals surface area contributed by atoms with Crippen molar-refractivity contribution in [2.75, 3.05) is 4.72 Å². The molecule has 5 nitrogen and oxygen atoms in total. The summed E-state index contributed by atoms with van der Waals surface area (Å²) in [5, 5.41) is 8.72. The summed E-state index contributed by atoms with van der Waals surface area (Å²) in [4.78, 5) is -0.0514. The summed E-state index contributed by atoms with van der Waals surface area (Å²) in [6.07, 6.45) is 0.736. The molecule has 9 heteroatoms. The van der Waals surface area contributed by atoms with Crippen LogP contribution < -0.4 is 4.72 Å². The molecule has 0 amide bonds. The topological polar surface area (TPSA) is 72.0 Å². The van der Waals surface area contributed by atoms with Crippen LogP contribution in [0.3, 0.4) is 0 Å². The summed E-state index contributed by atoms with van der Waals surface area (Å²) >= 11 is 4.23. The lowest BCUT2D eigenvalue weighted by Crippen LogP contribution is -2.13. The van der Waals surface area contributed by atoms with Gasteiger partial charge >= 0.3 is 0 Å². The van der Waals surface area contributed by atoms with Crippen molar-refractivity contribution < 1.29 is 12.8 Å². The van der Waals surface area contributed by atoms with Crippen molar-refractivity contribution in [2.24, 2.45) is 5.92 Å². The van der Waals surface area contributed by atoms with Gasteiger partial charge in [-0.05, 0) is 40.0 Å². The van der Waals surface area contributed by atoms with Gasteiger partial charge in [0.15, 0.2) is 0 Å². The first-order valence-electron chi connectivity index (χ1n) is 6.08. The first kappa shape index (κ1) is 16.3. The summed E-state index contributed by atoms with van der Waals surface area (Å²) in [7, 11) is -3.83. The van der Waals surface area contributed by atoms with Gasteiger partial charge in [-0.3, -0.25) is 4.72 Å². The monoisotopic (exact) mass is 393 g/mol. The Morgan fingerprint density at radius 3 is 2.71 bits per heavy atom. The van der Waals surface area contributed by atoms with E-state index in [2.05, 4.69) is 30.8 Å². The number of benzene rings is 1. The van der Waals surface area contributed by atoms with Crippen LogP contribution in [0.1, 0.15) is 18.9 Å². The van der Waals surface area contributed by atoms with E-state index in [4.69, 9.17) is 0 Å². The number of nitrogens with one attached hydrogen (secondary N) is 1. The Balaban J connectivity index is 2.23. The minimum absolute atomic E-state index is 0.0514. The Morgan fingerprint density at radius 2 is 2.10 bits per heavy atom. The zero-order chi connectivity index (χ0) is 15.6. The van der Waals surface area contributed by atoms with E-state index >= 15 is 0 Å². The molecule has 114 valence electrons. The molecule has 0 unspecified atom stereocenters. The van der Waals surface area contributed by atoms with Crippen molar-refractivity contribution in [3.8, 4) is 0 Å². The highest BCUT2D eigenvalue weighted by Gasteiger charge is 2.20. The normalized spacial score (nSPS) is 11.9. The maximum absolute atomic E-state index is 13.0. The Hall–Kier alpha value is -1.06. The zero-order valence-electron chi connectivity index (χ0n) is 11.3. The van der Waals surface area contributed by atoms with Gasteiger partial charge in [0, 0.05) is 10.9 Å². The first-order valence-corrected chi connectivity index (χ1v) is 9.17. The van der Waals surface area contributed by atoms with Gasteiger partial charge in [0.25, 0.3) is 10.0 Å². The van der Waals surface area contributed by atoms with Crippen LogP contribution in [0.2, 0.25) is 0 Å². The highest BCUT2D eigenvalue weighted by atomic mass is 79.9. The molecule has 1 N–H and O–H groups in total. The molecule has 1 aromatic carbocycles. The number of hydrogen-bond donors (Lipinski definition) is 1. The van der Waals surface area contributed by atoms with Crippen LogP contribution in [0.5, 0.6) is 0 Å². The second kappa shape index (κ2) is 6.37. The van der Waals surface area contributed by atoms with Gasteiger partial charge < -0.3 is 0 Å². The van der Waals surface area contributed by atoms with Crippen molar-refractivity contribution in [2.45, 2.75) is 25.2 Å². The Kier molecular flexibility index (Phi) is 4.95. The van der Waals surface area contributed by atoms with Gasteiger partial charge in [-0.1, -0.05) is 25.2 Å². The largest absolute Gasteiger partial charge is 0.264 e. The standard InChI is InChI=1S/C12H13BrFN3O2S2/c1-7(2)5-11-15-16-12(20-11)17-21(18,19)10-4-3-8(14)6-9(10)13/h3-4,6-7H,5H2,1-2H3,(H,16,17). The molecule has 2 aromatic rings. The van der Waals surface area contributed by atoms with E-state index in [1.807, 2.05) is 13.8 Å². The summed E-state index contributed by atoms with van der Waals surface area (Å²) in [6.45, 7) is 4.09. The molecule has 2 rings (SSSR count). The third kappa shape index (κ3) is 4.21. The van der Waals surface area contributed by atoms with E-state index in [0.29, 0.717) is 5.92 Å². The van der Waals surface area contributed by atoms with Gasteiger partial charge in [-0.2, -0.15) is 0 Å². The van der Waals surface area contributed by atoms with Crippen LogP contribution in [-0.2, 0) is 16.4 Å². The molecule has 1 heterocycles. The molecule has 21 heavy (non-hydrogen) atoms. The molecule has 0 fully saturated rings. The summed E-state index contributed by atoms with van der Waals surface area (Å²) in [5.41, 5.74) is 0. The van der Waals surface area contributed by atoms with E-state index in [1.165, 1.54) is 17.4 Å². The molecule has 0 saturated heterocycles. The SMILES string of the molecule is CC(C)Cc1nnc(NS(=O)(=O)c2ccc(F)cc2Br)s1. The molecule has 0 aliphatic carbocycles. The van der Waals surface area contributed by atoms with Gasteiger partial charge in [-0.25, -0.2) is 12.8 Å². The van der Waals surface area contributed by atoms with Crippen LogP contribution in [0.4, 0.5) is 9.52 Å². The molecule has 1 aromatic heterocycles. The van der Waals surface area contributed by atoms with Crippen LogP contribution in [0, 0.1) is 11.7 Å². The maximum Gasteiger partial charge on any atom is 0.264 e. The lowest BCUT2D eigenvalue weighted by Gasteiger charge is -2.06. The van der Waals surface area contributed by atoms with E-state index in [0.717, 1.165) is 23.6 Å². The number of rotatable bonds is 5. The molecule has 0 radical (unpaired) electrons. The average molecular weight is 394 g/mol. The van der Waals surface area contributed by atoms with Crippen LogP contribution >= 0.6 is 27.3 Å². The Morgan fingerprint density at radius 1 is 1.38 bits per heavy atom. The number of halogens is 2. The lowest BCUT2D eigenvalue weighted by molar-refractivity contribution is 0.598. The fraction of sp³-hybridized carbons (Fsp3) is 0.333. The number of nitrogens with zero attached hydrogens (tertiary/aromatic N) is 2. The van der Waals surface area contributed by atoms with Crippen molar-refractivity contribution >= 4 is 42.4 Å². The smallest absolute Gasteiger partial charge is 0.253 e. The van der Waals surface area contributed by atoms with Crippen molar-refractivity contribution in [1.82, 2.24) is 10.2 Å². The maximum atomic E-state index is 13.0. The summed E-state index contributed by atoms with van der Waals surface area (Å²) in [5.74, 6) is -0.107. The van der Waals surface area contributed by atoms with Gasteiger partial charge in [0.1, 0.15) is 15.7 Å². The second-order valence-corrected chi connectivity index (χ2v) is 8.35. The molecule has 0 bridgehead atoms. The predicted molar refractivity (Wildman–Crippen MR) is 83.4 cm³/mol. The van der Waals surface area contributed by atoms with E-state index in [1.54, 1.807) is 0 Å². The Labute approximate surface area is 134 Å². The molecule has 0 aliphatic rings. The number of sulfonamides is 1. The van der Waals surface area contributed by atoms with Crippen molar-refractivity contribution in [3.05, 3.63) is 33.5 Å². The highest BCUT2D eigenvalue weighted by Crippen LogP contribution is 2.26. The van der Waals surface area contributed by atoms with Crippen LogP contribution in [0.15, 0.2) is 27.6 Å². The minimum Gasteiger partial charge on any atom is -0.253 e. The van der Waals surface area contributed by atoms with E-state index in [9.17, 15) is 12.8 Å². The fourth-order valence-electron chi connectivity index (χ4n) is 1.59. The third-order valence-corrected chi connectivity index (χ3v) is 5.76. The molecular formula is C12H13BrFN3O2S2. The molecule has 0 atom stereocenters. The third-order valence-electron chi connectivity index (χ3n) is 2.45. The van der Waals surface area contributed by atoms with Crippen LogP contribution in [-0.4, -0.2) is 18.6 Å². The van der Waals surface area contributed by atoms with Crippen molar-refractivity contribution in [3.63, 3.8) is 0 Å².